The van der Waals surface area contributed by atoms with Crippen molar-refractivity contribution in [2.24, 2.45) is 0 Å². The van der Waals surface area contributed by atoms with E-state index < -0.39 is 44.6 Å². The van der Waals surface area contributed by atoms with Gasteiger partial charge in [0.15, 0.2) is 23.3 Å². The topological polar surface area (TPSA) is 40.5 Å². The van der Waals surface area contributed by atoms with Gasteiger partial charge in [-0.2, -0.15) is 10.6 Å². The minimum atomic E-state index is -4.02. The van der Waals surface area contributed by atoms with Crippen LogP contribution in [-0.2, 0) is 0 Å². The van der Waals surface area contributed by atoms with E-state index >= 15 is 0 Å². The van der Waals surface area contributed by atoms with E-state index in [9.17, 15) is 22.0 Å². The zero-order chi connectivity index (χ0) is 12.0. The fraction of sp³-hybridized carbons (Fsp3) is 0.143. The molecule has 0 heterocycles. The third-order valence-electron chi connectivity index (χ3n) is 1.56. The molecule has 0 saturated heterocycles. The summed E-state index contributed by atoms with van der Waals surface area (Å²) >= 11 is 0. The van der Waals surface area contributed by atoms with Gasteiger partial charge in [0.05, 0.1) is 0 Å². The average Bonchev–Trinajstić information content (AvgIpc) is 2.09. The summed E-state index contributed by atoms with van der Waals surface area (Å²) in [5.74, 6) is -11.2. The third-order valence-corrected chi connectivity index (χ3v) is 2.69. The molecule has 0 radical (unpaired) electrons. The molecule has 2 nitrogen and oxygen atoms in total. The first-order chi connectivity index (χ1) is 6.68. The fourth-order valence-electron chi connectivity index (χ4n) is 0.924. The van der Waals surface area contributed by atoms with Crippen LogP contribution in [0.5, 0.6) is 0 Å². The zero-order valence-electron chi connectivity index (χ0n) is 7.19. The van der Waals surface area contributed by atoms with Crippen LogP contribution in [0.15, 0.2) is 4.90 Å². The first kappa shape index (κ1) is 12.2. The summed E-state index contributed by atoms with van der Waals surface area (Å²) in [5, 5.41) is 0. The molecule has 8 heteroatoms. The number of rotatable bonds is 1. The SMILES string of the molecule is CS(O)(O)c1c(F)c(F)c(F)c(F)c1F. The van der Waals surface area contributed by atoms with Crippen molar-refractivity contribution >= 4 is 10.6 Å². The third kappa shape index (κ3) is 1.92. The average molecular weight is 248 g/mol. The molecular weight excluding hydrogens is 243 g/mol. The van der Waals surface area contributed by atoms with Crippen molar-refractivity contribution < 1.29 is 31.1 Å². The molecule has 0 aliphatic carbocycles. The molecule has 15 heavy (non-hydrogen) atoms. The Balaban J connectivity index is 3.68. The molecule has 0 saturated carbocycles. The smallest absolute Gasteiger partial charge is 0.200 e. The highest BCUT2D eigenvalue weighted by molar-refractivity contribution is 8.23. The van der Waals surface area contributed by atoms with Gasteiger partial charge in [0, 0.05) is 6.26 Å². The molecule has 0 spiro atoms. The Hall–Kier alpha value is -0.860. The summed E-state index contributed by atoms with van der Waals surface area (Å²) in [6.45, 7) is 0. The van der Waals surface area contributed by atoms with Gasteiger partial charge in [0.1, 0.15) is 4.90 Å². The fourth-order valence-corrected chi connectivity index (χ4v) is 1.78. The Kier molecular flexibility index (Phi) is 2.94. The second-order valence-electron chi connectivity index (χ2n) is 2.73. The van der Waals surface area contributed by atoms with E-state index in [1.165, 1.54) is 0 Å². The lowest BCUT2D eigenvalue weighted by Gasteiger charge is -2.27. The molecule has 0 atom stereocenters. The molecule has 0 aliphatic heterocycles. The zero-order valence-corrected chi connectivity index (χ0v) is 8.01. The Labute approximate surface area is 82.7 Å². The predicted molar refractivity (Wildman–Crippen MR) is 43.3 cm³/mol. The molecule has 0 fully saturated rings. The number of hydrogen-bond acceptors (Lipinski definition) is 2. The Morgan fingerprint density at radius 3 is 1.27 bits per heavy atom. The van der Waals surface area contributed by atoms with Crippen LogP contribution in [0.2, 0.25) is 0 Å². The molecule has 86 valence electrons. The molecule has 0 unspecified atom stereocenters. The van der Waals surface area contributed by atoms with Crippen molar-refractivity contribution in [2.75, 3.05) is 6.26 Å². The molecular formula is C7H5F5O2S. The lowest BCUT2D eigenvalue weighted by molar-refractivity contribution is 0.352. The van der Waals surface area contributed by atoms with Crippen molar-refractivity contribution in [3.05, 3.63) is 29.1 Å². The van der Waals surface area contributed by atoms with Crippen molar-refractivity contribution in [3.63, 3.8) is 0 Å². The van der Waals surface area contributed by atoms with E-state index in [0.717, 1.165) is 0 Å². The van der Waals surface area contributed by atoms with Crippen LogP contribution in [0.1, 0.15) is 0 Å². The van der Waals surface area contributed by atoms with Gasteiger partial charge in [-0.25, -0.2) is 22.0 Å². The van der Waals surface area contributed by atoms with Crippen LogP contribution in [0.4, 0.5) is 22.0 Å². The monoisotopic (exact) mass is 248 g/mol. The molecule has 2 N–H and O–H groups in total. The molecule has 1 rings (SSSR count). The van der Waals surface area contributed by atoms with Crippen molar-refractivity contribution in [3.8, 4) is 0 Å². The Morgan fingerprint density at radius 2 is 1.00 bits per heavy atom. The molecule has 1 aromatic rings. The van der Waals surface area contributed by atoms with Crippen molar-refractivity contribution in [1.29, 1.82) is 0 Å². The maximum absolute atomic E-state index is 12.9. The van der Waals surface area contributed by atoms with Crippen LogP contribution < -0.4 is 0 Å². The summed E-state index contributed by atoms with van der Waals surface area (Å²) in [6, 6.07) is 0. The van der Waals surface area contributed by atoms with Crippen LogP contribution in [0.25, 0.3) is 0 Å². The van der Waals surface area contributed by atoms with Gasteiger partial charge < -0.3 is 0 Å². The van der Waals surface area contributed by atoms with Crippen LogP contribution in [-0.4, -0.2) is 15.4 Å². The first-order valence-corrected chi connectivity index (χ1v) is 5.38. The number of halogens is 5. The van der Waals surface area contributed by atoms with Gasteiger partial charge >= 0.3 is 0 Å². The lowest BCUT2D eigenvalue weighted by atomic mass is 10.3. The van der Waals surface area contributed by atoms with E-state index in [0.29, 0.717) is 6.26 Å². The standard InChI is InChI=1S/C7H5F5O2S/c1-15(13,14)7-5(11)3(9)2(8)4(10)6(7)12/h13-14H,1H3. The van der Waals surface area contributed by atoms with E-state index in [1.807, 2.05) is 0 Å². The Bertz CT molecular complexity index is 386. The van der Waals surface area contributed by atoms with E-state index in [4.69, 9.17) is 9.11 Å². The second kappa shape index (κ2) is 3.62. The lowest BCUT2D eigenvalue weighted by Crippen LogP contribution is -2.09. The van der Waals surface area contributed by atoms with E-state index in [1.54, 1.807) is 0 Å². The number of hydrogen-bond donors (Lipinski definition) is 2. The van der Waals surface area contributed by atoms with Crippen LogP contribution >= 0.6 is 10.6 Å². The van der Waals surface area contributed by atoms with Gasteiger partial charge in [-0.1, -0.05) is 0 Å². The molecule has 0 bridgehead atoms. The molecule has 0 amide bonds. The van der Waals surface area contributed by atoms with Gasteiger partial charge in [0.25, 0.3) is 0 Å². The summed E-state index contributed by atoms with van der Waals surface area (Å²) in [4.78, 5) is -1.60. The minimum Gasteiger partial charge on any atom is -0.295 e. The Morgan fingerprint density at radius 1 is 0.733 bits per heavy atom. The molecule has 1 aromatic carbocycles. The quantitative estimate of drug-likeness (QED) is 0.455. The predicted octanol–water partition coefficient (Wildman–Crippen LogP) is 3.12. The van der Waals surface area contributed by atoms with Gasteiger partial charge in [-0.05, 0) is 0 Å². The van der Waals surface area contributed by atoms with Crippen LogP contribution in [0.3, 0.4) is 0 Å². The maximum Gasteiger partial charge on any atom is 0.200 e. The summed E-state index contributed by atoms with van der Waals surface area (Å²) in [6.07, 6.45) is 0.561. The highest BCUT2D eigenvalue weighted by atomic mass is 32.3. The van der Waals surface area contributed by atoms with E-state index in [2.05, 4.69) is 0 Å². The highest BCUT2D eigenvalue weighted by Crippen LogP contribution is 2.48. The second-order valence-corrected chi connectivity index (χ2v) is 4.81. The highest BCUT2D eigenvalue weighted by Gasteiger charge is 2.31. The first-order valence-electron chi connectivity index (χ1n) is 3.42. The largest absolute Gasteiger partial charge is 0.295 e. The maximum atomic E-state index is 12.9. The van der Waals surface area contributed by atoms with Gasteiger partial charge in [-0.15, -0.1) is 0 Å². The number of benzene rings is 1. The van der Waals surface area contributed by atoms with Gasteiger partial charge in [-0.3, -0.25) is 9.11 Å². The van der Waals surface area contributed by atoms with Crippen molar-refractivity contribution in [1.82, 2.24) is 0 Å². The minimum absolute atomic E-state index is 0.561. The van der Waals surface area contributed by atoms with E-state index in [-0.39, 0.29) is 0 Å². The van der Waals surface area contributed by atoms with Crippen LogP contribution in [0, 0.1) is 29.1 Å². The van der Waals surface area contributed by atoms with Gasteiger partial charge in [0.2, 0.25) is 5.82 Å². The summed E-state index contributed by atoms with van der Waals surface area (Å²) in [5.41, 5.74) is 0. The summed E-state index contributed by atoms with van der Waals surface area (Å²) < 4.78 is 81.2. The molecule has 0 aromatic heterocycles. The van der Waals surface area contributed by atoms with Crippen molar-refractivity contribution in [2.45, 2.75) is 4.90 Å². The summed E-state index contributed by atoms with van der Waals surface area (Å²) in [7, 11) is -4.02. The normalized spacial score (nSPS) is 13.1. The molecule has 0 aliphatic rings.